The fourth-order valence-electron chi connectivity index (χ4n) is 3.79. The molecule has 2 aromatic rings. The smallest absolute Gasteiger partial charge is 0.261 e. The first-order valence-corrected chi connectivity index (χ1v) is 11.3. The molecule has 0 aromatic heterocycles. The van der Waals surface area contributed by atoms with Crippen LogP contribution in [0.1, 0.15) is 44.9 Å². The van der Waals surface area contributed by atoms with E-state index in [-0.39, 0.29) is 17.4 Å². The summed E-state index contributed by atoms with van der Waals surface area (Å²) >= 11 is 0. The van der Waals surface area contributed by atoms with Crippen LogP contribution in [0, 0.1) is 0 Å². The third-order valence-corrected chi connectivity index (χ3v) is 5.96. The molecule has 2 unspecified atom stereocenters. The molecule has 5 nitrogen and oxygen atoms in total. The Kier molecular flexibility index (Phi) is 7.74. The Labute approximate surface area is 187 Å². The van der Waals surface area contributed by atoms with Gasteiger partial charge in [0.25, 0.3) is 5.91 Å². The van der Waals surface area contributed by atoms with Gasteiger partial charge in [0.15, 0.2) is 6.10 Å². The Morgan fingerprint density at radius 1 is 1.00 bits per heavy atom. The van der Waals surface area contributed by atoms with Crippen LogP contribution in [0.3, 0.4) is 0 Å². The van der Waals surface area contributed by atoms with Crippen molar-refractivity contribution in [3.8, 4) is 5.75 Å². The number of likely N-dealkylation sites (N-methyl/N-ethyl adjacent to an activating group) is 1. The molecule has 1 N–H and O–H groups in total. The first kappa shape index (κ1) is 23.3. The molecule has 2 aromatic carbocycles. The van der Waals surface area contributed by atoms with E-state index in [1.807, 2.05) is 37.3 Å². The fourth-order valence-corrected chi connectivity index (χ4v) is 3.79. The van der Waals surface area contributed by atoms with Crippen LogP contribution in [-0.2, 0) is 10.2 Å². The number of hydrogen-bond acceptors (Lipinski definition) is 4. The lowest BCUT2D eigenvalue weighted by molar-refractivity contribution is -0.128. The molecule has 0 spiro atoms. The Morgan fingerprint density at radius 2 is 1.61 bits per heavy atom. The van der Waals surface area contributed by atoms with E-state index < -0.39 is 6.10 Å². The lowest BCUT2D eigenvalue weighted by Crippen LogP contribution is -2.49. The maximum Gasteiger partial charge on any atom is 0.261 e. The maximum absolute atomic E-state index is 13.0. The van der Waals surface area contributed by atoms with Crippen molar-refractivity contribution in [2.45, 2.75) is 45.3 Å². The van der Waals surface area contributed by atoms with Crippen molar-refractivity contribution in [3.63, 3.8) is 0 Å². The maximum atomic E-state index is 13.0. The lowest BCUT2D eigenvalue weighted by atomic mass is 9.87. The van der Waals surface area contributed by atoms with Gasteiger partial charge in [0.05, 0.1) is 6.04 Å². The SMILES string of the molecule is CC(Oc1ccc(C(C)(C)C)cc1)C(=O)NC(CN1CCN(C)CC1)c1ccccc1. The number of carbonyl (C=O) groups is 1. The minimum absolute atomic E-state index is 0.0635. The van der Waals surface area contributed by atoms with Crippen LogP contribution in [0.15, 0.2) is 54.6 Å². The number of ether oxygens (including phenoxy) is 1. The van der Waals surface area contributed by atoms with E-state index in [2.05, 4.69) is 67.2 Å². The molecule has 1 aliphatic rings. The second-order valence-corrected chi connectivity index (χ2v) is 9.61. The molecule has 2 atom stereocenters. The van der Waals surface area contributed by atoms with E-state index in [0.29, 0.717) is 5.75 Å². The second kappa shape index (κ2) is 10.3. The molecule has 1 amide bonds. The summed E-state index contributed by atoms with van der Waals surface area (Å²) in [5.41, 5.74) is 2.46. The van der Waals surface area contributed by atoms with Crippen LogP contribution in [0.5, 0.6) is 5.75 Å². The third kappa shape index (κ3) is 6.81. The summed E-state index contributed by atoms with van der Waals surface area (Å²) in [5, 5.41) is 3.23. The standard InChI is InChI=1S/C26H37N3O2/c1-20(31-23-13-11-22(12-14-23)26(2,3)4)25(30)27-24(21-9-7-6-8-10-21)19-29-17-15-28(5)16-18-29/h6-14,20,24H,15-19H2,1-5H3,(H,27,30). The normalized spacial score (nSPS) is 17.7. The van der Waals surface area contributed by atoms with Crippen molar-refractivity contribution in [1.29, 1.82) is 0 Å². The minimum atomic E-state index is -0.570. The summed E-state index contributed by atoms with van der Waals surface area (Å²) in [6.45, 7) is 13.3. The van der Waals surface area contributed by atoms with Crippen molar-refractivity contribution in [2.24, 2.45) is 0 Å². The highest BCUT2D eigenvalue weighted by molar-refractivity contribution is 5.81. The first-order chi connectivity index (χ1) is 14.7. The average molecular weight is 424 g/mol. The molecule has 168 valence electrons. The zero-order valence-electron chi connectivity index (χ0n) is 19.6. The van der Waals surface area contributed by atoms with Gasteiger partial charge in [-0.15, -0.1) is 0 Å². The topological polar surface area (TPSA) is 44.8 Å². The van der Waals surface area contributed by atoms with Gasteiger partial charge < -0.3 is 15.0 Å². The van der Waals surface area contributed by atoms with Crippen molar-refractivity contribution >= 4 is 5.91 Å². The van der Waals surface area contributed by atoms with Crippen LogP contribution < -0.4 is 10.1 Å². The van der Waals surface area contributed by atoms with Gasteiger partial charge in [-0.3, -0.25) is 9.69 Å². The molecule has 0 bridgehead atoms. The number of hydrogen-bond donors (Lipinski definition) is 1. The van der Waals surface area contributed by atoms with Gasteiger partial charge >= 0.3 is 0 Å². The predicted octanol–water partition coefficient (Wildman–Crippen LogP) is 3.86. The van der Waals surface area contributed by atoms with Crippen molar-refractivity contribution < 1.29 is 9.53 Å². The fraction of sp³-hybridized carbons (Fsp3) is 0.500. The van der Waals surface area contributed by atoms with E-state index in [9.17, 15) is 4.79 Å². The molecule has 1 aliphatic heterocycles. The van der Waals surface area contributed by atoms with Gasteiger partial charge in [-0.1, -0.05) is 63.2 Å². The summed E-state index contributed by atoms with van der Waals surface area (Å²) in [5.74, 6) is 0.619. The highest BCUT2D eigenvalue weighted by Gasteiger charge is 2.24. The van der Waals surface area contributed by atoms with E-state index in [4.69, 9.17) is 4.74 Å². The molecule has 0 radical (unpaired) electrons. The third-order valence-electron chi connectivity index (χ3n) is 5.96. The van der Waals surface area contributed by atoms with Crippen LogP contribution in [0.2, 0.25) is 0 Å². The van der Waals surface area contributed by atoms with Crippen LogP contribution in [0.4, 0.5) is 0 Å². The van der Waals surface area contributed by atoms with Crippen LogP contribution in [-0.4, -0.2) is 61.6 Å². The van der Waals surface area contributed by atoms with Crippen molar-refractivity contribution in [1.82, 2.24) is 15.1 Å². The lowest BCUT2D eigenvalue weighted by Gasteiger charge is -2.35. The summed E-state index contributed by atoms with van der Waals surface area (Å²) < 4.78 is 5.95. The van der Waals surface area contributed by atoms with E-state index in [1.54, 1.807) is 0 Å². The van der Waals surface area contributed by atoms with E-state index >= 15 is 0 Å². The zero-order chi connectivity index (χ0) is 22.4. The number of piperazine rings is 1. The Morgan fingerprint density at radius 3 is 2.19 bits per heavy atom. The number of amides is 1. The quantitative estimate of drug-likeness (QED) is 0.735. The van der Waals surface area contributed by atoms with Gasteiger partial charge in [-0.2, -0.15) is 0 Å². The van der Waals surface area contributed by atoms with Gasteiger partial charge in [-0.25, -0.2) is 0 Å². The molecule has 1 heterocycles. The molecular weight excluding hydrogens is 386 g/mol. The zero-order valence-corrected chi connectivity index (χ0v) is 19.6. The molecule has 1 fully saturated rings. The molecular formula is C26H37N3O2. The Balaban J connectivity index is 1.63. The van der Waals surface area contributed by atoms with Crippen molar-refractivity contribution in [2.75, 3.05) is 39.8 Å². The molecule has 3 rings (SSSR count). The molecule has 0 saturated carbocycles. The molecule has 0 aliphatic carbocycles. The van der Waals surface area contributed by atoms with Crippen molar-refractivity contribution in [3.05, 3.63) is 65.7 Å². The van der Waals surface area contributed by atoms with E-state index in [0.717, 1.165) is 38.3 Å². The van der Waals surface area contributed by atoms with Gasteiger partial charge in [-0.05, 0) is 42.6 Å². The second-order valence-electron chi connectivity index (χ2n) is 9.61. The number of rotatable bonds is 7. The van der Waals surface area contributed by atoms with Gasteiger partial charge in [0.1, 0.15) is 5.75 Å². The Hall–Kier alpha value is -2.37. The molecule has 31 heavy (non-hydrogen) atoms. The average Bonchev–Trinajstić information content (AvgIpc) is 2.75. The van der Waals surface area contributed by atoms with Gasteiger partial charge in [0, 0.05) is 32.7 Å². The number of benzene rings is 2. The number of carbonyl (C=O) groups excluding carboxylic acids is 1. The predicted molar refractivity (Wildman–Crippen MR) is 126 cm³/mol. The monoisotopic (exact) mass is 423 g/mol. The summed E-state index contributed by atoms with van der Waals surface area (Å²) in [6.07, 6.45) is -0.570. The number of nitrogens with one attached hydrogen (secondary N) is 1. The largest absolute Gasteiger partial charge is 0.481 e. The molecule has 1 saturated heterocycles. The minimum Gasteiger partial charge on any atom is -0.481 e. The van der Waals surface area contributed by atoms with E-state index in [1.165, 1.54) is 5.56 Å². The highest BCUT2D eigenvalue weighted by atomic mass is 16.5. The number of nitrogens with zero attached hydrogens (tertiary/aromatic N) is 2. The van der Waals surface area contributed by atoms with Crippen LogP contribution in [0.25, 0.3) is 0 Å². The summed E-state index contributed by atoms with van der Waals surface area (Å²) in [7, 11) is 2.15. The highest BCUT2D eigenvalue weighted by Crippen LogP contribution is 2.25. The first-order valence-electron chi connectivity index (χ1n) is 11.3. The summed E-state index contributed by atoms with van der Waals surface area (Å²) in [6, 6.07) is 18.2. The van der Waals surface area contributed by atoms with Gasteiger partial charge in [0.2, 0.25) is 0 Å². The summed E-state index contributed by atoms with van der Waals surface area (Å²) in [4.78, 5) is 17.8. The Bertz CT molecular complexity index is 822. The van der Waals surface area contributed by atoms with Crippen LogP contribution >= 0.6 is 0 Å². The molecule has 5 heteroatoms.